The Morgan fingerprint density at radius 3 is 2.70 bits per heavy atom. The van der Waals surface area contributed by atoms with E-state index in [2.05, 4.69) is 51.2 Å². The van der Waals surface area contributed by atoms with Gasteiger partial charge in [0.2, 0.25) is 0 Å². The molecule has 2 heterocycles. The van der Waals surface area contributed by atoms with Crippen molar-refractivity contribution in [3.05, 3.63) is 53.3 Å². The van der Waals surface area contributed by atoms with Crippen molar-refractivity contribution in [2.75, 3.05) is 26.2 Å². The molecule has 1 atom stereocenters. The highest BCUT2D eigenvalue weighted by molar-refractivity contribution is 5.21. The van der Waals surface area contributed by atoms with E-state index in [-0.39, 0.29) is 6.61 Å². The fourth-order valence-electron chi connectivity index (χ4n) is 3.27. The van der Waals surface area contributed by atoms with Crippen LogP contribution >= 0.6 is 0 Å². The molecule has 124 valence electrons. The van der Waals surface area contributed by atoms with Crippen LogP contribution in [0.25, 0.3) is 0 Å². The standard InChI is InChI=1S/C18H26N4O/c1-15-2-4-16(5-3-15)12-22-10-9-21(14-18(22)7-11-23)13-17-6-8-19-20-17/h2-6,8,18,23H,7,9-14H2,1H3,(H,19,20)/t18-/m1/s1. The summed E-state index contributed by atoms with van der Waals surface area (Å²) in [6.07, 6.45) is 2.62. The van der Waals surface area contributed by atoms with E-state index in [9.17, 15) is 5.11 Å². The van der Waals surface area contributed by atoms with E-state index >= 15 is 0 Å². The summed E-state index contributed by atoms with van der Waals surface area (Å²) in [7, 11) is 0. The Kier molecular flexibility index (Phi) is 5.43. The van der Waals surface area contributed by atoms with Crippen LogP contribution in [0.4, 0.5) is 0 Å². The quantitative estimate of drug-likeness (QED) is 0.853. The Hall–Kier alpha value is -1.69. The van der Waals surface area contributed by atoms with Crippen LogP contribution in [0.5, 0.6) is 0 Å². The lowest BCUT2D eigenvalue weighted by Gasteiger charge is -2.41. The molecule has 5 nitrogen and oxygen atoms in total. The zero-order valence-corrected chi connectivity index (χ0v) is 13.8. The average Bonchev–Trinajstić information content (AvgIpc) is 3.05. The number of aliphatic hydroxyl groups excluding tert-OH is 1. The number of H-pyrrole nitrogens is 1. The minimum atomic E-state index is 0.243. The fraction of sp³-hybridized carbons (Fsp3) is 0.500. The Labute approximate surface area is 137 Å². The van der Waals surface area contributed by atoms with Crippen LogP contribution in [0, 0.1) is 6.92 Å². The molecule has 1 aromatic carbocycles. The molecule has 5 heteroatoms. The monoisotopic (exact) mass is 314 g/mol. The molecule has 0 bridgehead atoms. The first-order valence-electron chi connectivity index (χ1n) is 8.35. The summed E-state index contributed by atoms with van der Waals surface area (Å²) in [6.45, 7) is 7.30. The van der Waals surface area contributed by atoms with Crippen LogP contribution < -0.4 is 0 Å². The Bertz CT molecular complexity index is 582. The van der Waals surface area contributed by atoms with Gasteiger partial charge in [0.25, 0.3) is 0 Å². The third-order valence-corrected chi connectivity index (χ3v) is 4.61. The third-order valence-electron chi connectivity index (χ3n) is 4.61. The number of aliphatic hydroxyl groups is 1. The molecule has 0 unspecified atom stereocenters. The summed E-state index contributed by atoms with van der Waals surface area (Å²) in [5.74, 6) is 0. The van der Waals surface area contributed by atoms with Crippen molar-refractivity contribution >= 4 is 0 Å². The van der Waals surface area contributed by atoms with E-state index in [0.29, 0.717) is 6.04 Å². The number of piperazine rings is 1. The van der Waals surface area contributed by atoms with Gasteiger partial charge in [-0.3, -0.25) is 14.9 Å². The molecule has 2 aromatic rings. The fourth-order valence-corrected chi connectivity index (χ4v) is 3.27. The summed E-state index contributed by atoms with van der Waals surface area (Å²) in [5, 5.41) is 16.5. The van der Waals surface area contributed by atoms with Crippen molar-refractivity contribution in [3.63, 3.8) is 0 Å². The van der Waals surface area contributed by atoms with Gasteiger partial charge in [0, 0.05) is 57.3 Å². The number of aromatic nitrogens is 2. The van der Waals surface area contributed by atoms with Gasteiger partial charge >= 0.3 is 0 Å². The number of aromatic amines is 1. The van der Waals surface area contributed by atoms with E-state index in [4.69, 9.17) is 0 Å². The molecule has 2 N–H and O–H groups in total. The molecule has 1 fully saturated rings. The maximum atomic E-state index is 9.42. The maximum absolute atomic E-state index is 9.42. The highest BCUT2D eigenvalue weighted by Crippen LogP contribution is 2.18. The predicted molar refractivity (Wildman–Crippen MR) is 90.9 cm³/mol. The third kappa shape index (κ3) is 4.41. The number of hydrogen-bond donors (Lipinski definition) is 2. The molecule has 23 heavy (non-hydrogen) atoms. The zero-order chi connectivity index (χ0) is 16.1. The van der Waals surface area contributed by atoms with E-state index in [0.717, 1.165) is 44.8 Å². The van der Waals surface area contributed by atoms with Gasteiger partial charge in [0.1, 0.15) is 0 Å². The molecule has 0 spiro atoms. The van der Waals surface area contributed by atoms with Gasteiger partial charge < -0.3 is 5.11 Å². The number of rotatable bonds is 6. The second-order valence-corrected chi connectivity index (χ2v) is 6.44. The molecule has 1 saturated heterocycles. The lowest BCUT2D eigenvalue weighted by Crippen LogP contribution is -2.52. The molecular formula is C18H26N4O. The summed E-state index contributed by atoms with van der Waals surface area (Å²) in [4.78, 5) is 4.95. The lowest BCUT2D eigenvalue weighted by atomic mass is 10.1. The van der Waals surface area contributed by atoms with Crippen LogP contribution in [0.2, 0.25) is 0 Å². The van der Waals surface area contributed by atoms with Gasteiger partial charge in [0.05, 0.1) is 0 Å². The molecule has 1 aliphatic rings. The number of nitrogens with zero attached hydrogens (tertiary/aromatic N) is 3. The van der Waals surface area contributed by atoms with Gasteiger partial charge in [0.15, 0.2) is 0 Å². The van der Waals surface area contributed by atoms with Crippen LogP contribution in [0.15, 0.2) is 36.5 Å². The molecule has 1 aliphatic heterocycles. The zero-order valence-electron chi connectivity index (χ0n) is 13.8. The summed E-state index contributed by atoms with van der Waals surface area (Å²) in [5.41, 5.74) is 3.80. The van der Waals surface area contributed by atoms with Gasteiger partial charge in [-0.05, 0) is 25.0 Å². The van der Waals surface area contributed by atoms with Crippen molar-refractivity contribution in [2.45, 2.75) is 32.5 Å². The number of benzene rings is 1. The lowest BCUT2D eigenvalue weighted by molar-refractivity contribution is 0.0494. The smallest absolute Gasteiger partial charge is 0.0492 e. The van der Waals surface area contributed by atoms with E-state index in [1.165, 1.54) is 11.1 Å². The Morgan fingerprint density at radius 2 is 2.00 bits per heavy atom. The SMILES string of the molecule is Cc1ccc(CN2CCN(Cc3ccn[nH]3)C[C@H]2CCO)cc1. The summed E-state index contributed by atoms with van der Waals surface area (Å²) >= 11 is 0. The second-order valence-electron chi connectivity index (χ2n) is 6.44. The number of aryl methyl sites for hydroxylation is 1. The first-order chi connectivity index (χ1) is 11.2. The van der Waals surface area contributed by atoms with Crippen LogP contribution in [-0.2, 0) is 13.1 Å². The molecule has 3 rings (SSSR count). The summed E-state index contributed by atoms with van der Waals surface area (Å²) < 4.78 is 0. The maximum Gasteiger partial charge on any atom is 0.0492 e. The Morgan fingerprint density at radius 1 is 1.17 bits per heavy atom. The molecule has 0 saturated carbocycles. The molecule has 1 aromatic heterocycles. The summed E-state index contributed by atoms with van der Waals surface area (Å²) in [6, 6.07) is 11.2. The van der Waals surface area contributed by atoms with Crippen LogP contribution in [0.1, 0.15) is 23.2 Å². The topological polar surface area (TPSA) is 55.4 Å². The minimum absolute atomic E-state index is 0.243. The van der Waals surface area contributed by atoms with Gasteiger partial charge in [-0.1, -0.05) is 29.8 Å². The molecule has 0 radical (unpaired) electrons. The van der Waals surface area contributed by atoms with Gasteiger partial charge in [-0.15, -0.1) is 0 Å². The van der Waals surface area contributed by atoms with E-state index < -0.39 is 0 Å². The van der Waals surface area contributed by atoms with Crippen molar-refractivity contribution in [3.8, 4) is 0 Å². The van der Waals surface area contributed by atoms with E-state index in [1.807, 2.05) is 6.07 Å². The first-order valence-corrected chi connectivity index (χ1v) is 8.35. The van der Waals surface area contributed by atoms with Crippen LogP contribution in [-0.4, -0.2) is 57.4 Å². The highest BCUT2D eigenvalue weighted by Gasteiger charge is 2.26. The molecule has 0 aliphatic carbocycles. The highest BCUT2D eigenvalue weighted by atomic mass is 16.3. The minimum Gasteiger partial charge on any atom is -0.396 e. The first kappa shape index (κ1) is 16.2. The van der Waals surface area contributed by atoms with Crippen molar-refractivity contribution in [2.24, 2.45) is 0 Å². The van der Waals surface area contributed by atoms with Crippen LogP contribution in [0.3, 0.4) is 0 Å². The van der Waals surface area contributed by atoms with Gasteiger partial charge in [-0.2, -0.15) is 5.10 Å². The predicted octanol–water partition coefficient (Wildman–Crippen LogP) is 1.79. The number of hydrogen-bond acceptors (Lipinski definition) is 4. The Balaban J connectivity index is 1.61. The van der Waals surface area contributed by atoms with Crippen molar-refractivity contribution in [1.29, 1.82) is 0 Å². The second kappa shape index (κ2) is 7.73. The van der Waals surface area contributed by atoms with Gasteiger partial charge in [-0.25, -0.2) is 0 Å². The molecule has 0 amide bonds. The average molecular weight is 314 g/mol. The number of nitrogens with one attached hydrogen (secondary N) is 1. The normalized spacial score (nSPS) is 20.0. The largest absolute Gasteiger partial charge is 0.396 e. The van der Waals surface area contributed by atoms with Crippen molar-refractivity contribution in [1.82, 2.24) is 20.0 Å². The van der Waals surface area contributed by atoms with E-state index in [1.54, 1.807) is 6.20 Å². The molecular weight excluding hydrogens is 288 g/mol. The van der Waals surface area contributed by atoms with Crippen molar-refractivity contribution < 1.29 is 5.11 Å².